The van der Waals surface area contributed by atoms with Gasteiger partial charge in [0.1, 0.15) is 13.2 Å². The van der Waals surface area contributed by atoms with Crippen molar-refractivity contribution in [3.05, 3.63) is 48.6 Å². The number of allylic oxidation sites excluding steroid dienone is 8. The molecule has 0 saturated heterocycles. The molecule has 0 rings (SSSR count). The Hall–Kier alpha value is -1.54. The maximum Gasteiger partial charge on any atom is 0.472 e. The molecule has 394 valence electrons. The highest BCUT2D eigenvalue weighted by Gasteiger charge is 2.28. The lowest BCUT2D eigenvalue weighted by Crippen LogP contribution is -2.46. The molecule has 0 aliphatic carbocycles. The van der Waals surface area contributed by atoms with Gasteiger partial charge in [-0.25, -0.2) is 4.57 Å². The molecule has 9 heteroatoms. The second kappa shape index (κ2) is 49.4. The van der Waals surface area contributed by atoms with Gasteiger partial charge in [0, 0.05) is 6.42 Å². The maximum atomic E-state index is 13.0. The second-order valence-corrected chi connectivity index (χ2v) is 22.1. The topological polar surface area (TPSA) is 105 Å². The lowest BCUT2D eigenvalue weighted by molar-refractivity contribution is -0.870. The van der Waals surface area contributed by atoms with E-state index in [0.29, 0.717) is 23.9 Å². The first-order valence-electron chi connectivity index (χ1n) is 28.5. The highest BCUT2D eigenvalue weighted by molar-refractivity contribution is 7.47. The molecular weight excluding hydrogens is 852 g/mol. The predicted octanol–water partition coefficient (Wildman–Crippen LogP) is 17.2. The minimum atomic E-state index is -4.32. The van der Waals surface area contributed by atoms with Crippen molar-refractivity contribution in [1.82, 2.24) is 5.32 Å². The number of phosphoric acid groups is 1. The first kappa shape index (κ1) is 65.5. The zero-order valence-corrected chi connectivity index (χ0v) is 45.8. The summed E-state index contributed by atoms with van der Waals surface area (Å²) < 4.78 is 23.8. The number of aliphatic hydroxyl groups is 1. The van der Waals surface area contributed by atoms with Gasteiger partial charge in [-0.05, 0) is 51.4 Å². The quantitative estimate of drug-likeness (QED) is 0.0243. The zero-order valence-electron chi connectivity index (χ0n) is 44.9. The van der Waals surface area contributed by atoms with Crippen molar-refractivity contribution >= 4 is 13.7 Å². The van der Waals surface area contributed by atoms with E-state index in [0.717, 1.165) is 64.2 Å². The molecule has 0 spiro atoms. The molecule has 0 aliphatic rings. The van der Waals surface area contributed by atoms with Crippen LogP contribution in [0.15, 0.2) is 48.6 Å². The Morgan fingerprint density at radius 1 is 0.522 bits per heavy atom. The number of phosphoric ester groups is 1. The third-order valence-corrected chi connectivity index (χ3v) is 13.8. The van der Waals surface area contributed by atoms with Crippen LogP contribution in [0.2, 0.25) is 0 Å². The molecule has 1 amide bonds. The summed E-state index contributed by atoms with van der Waals surface area (Å²) in [6, 6.07) is -0.762. The smallest absolute Gasteiger partial charge is 0.391 e. The van der Waals surface area contributed by atoms with Gasteiger partial charge in [0.25, 0.3) is 0 Å². The second-order valence-electron chi connectivity index (χ2n) is 20.6. The highest BCUT2D eigenvalue weighted by Crippen LogP contribution is 2.43. The first-order valence-corrected chi connectivity index (χ1v) is 30.0. The lowest BCUT2D eigenvalue weighted by Gasteiger charge is -2.26. The van der Waals surface area contributed by atoms with Crippen LogP contribution in [0.1, 0.15) is 264 Å². The SMILES string of the molecule is CC/C=C\C/C=C\C/C=C\C/C=C\CCCCCCCCCCCCCCCCC(=O)NC(COP(=O)(O)OCC[N+](C)(C)C)C(O)CCCCCCCCCCCCCCCCCCCC. The molecule has 0 heterocycles. The number of carbonyl (C=O) groups excluding carboxylic acids is 1. The van der Waals surface area contributed by atoms with Crippen LogP contribution in [0.4, 0.5) is 0 Å². The van der Waals surface area contributed by atoms with Crippen LogP contribution in [0.25, 0.3) is 0 Å². The summed E-state index contributed by atoms with van der Waals surface area (Å²) in [6.45, 7) is 4.80. The molecule has 0 bridgehead atoms. The molecule has 0 aromatic rings. The Kier molecular flexibility index (Phi) is 48.3. The van der Waals surface area contributed by atoms with Crippen molar-refractivity contribution in [3.8, 4) is 0 Å². The van der Waals surface area contributed by atoms with Crippen LogP contribution in [0, 0.1) is 0 Å². The molecule has 0 fully saturated rings. The van der Waals surface area contributed by atoms with Crippen LogP contribution in [-0.4, -0.2) is 73.4 Å². The fourth-order valence-corrected chi connectivity index (χ4v) is 9.13. The van der Waals surface area contributed by atoms with Crippen LogP contribution >= 0.6 is 7.82 Å². The van der Waals surface area contributed by atoms with Crippen LogP contribution < -0.4 is 5.32 Å². The minimum Gasteiger partial charge on any atom is -0.391 e. The van der Waals surface area contributed by atoms with E-state index in [1.54, 1.807) is 0 Å². The lowest BCUT2D eigenvalue weighted by atomic mass is 10.0. The molecule has 0 aliphatic heterocycles. The Bertz CT molecular complexity index is 1230. The fourth-order valence-electron chi connectivity index (χ4n) is 8.39. The molecule has 3 atom stereocenters. The molecule has 3 unspecified atom stereocenters. The van der Waals surface area contributed by atoms with Crippen molar-refractivity contribution in [2.45, 2.75) is 276 Å². The number of unbranched alkanes of at least 4 members (excludes halogenated alkanes) is 31. The number of aliphatic hydroxyl groups excluding tert-OH is 1. The fraction of sp³-hybridized carbons (Fsp3) is 0.845. The van der Waals surface area contributed by atoms with Gasteiger partial charge >= 0.3 is 7.82 Å². The molecule has 0 radical (unpaired) electrons. The average Bonchev–Trinajstić information content (AvgIpc) is 3.29. The number of quaternary nitrogens is 1. The van der Waals surface area contributed by atoms with E-state index in [2.05, 4.69) is 67.8 Å². The number of carbonyl (C=O) groups is 1. The average molecular weight is 965 g/mol. The van der Waals surface area contributed by atoms with Crippen molar-refractivity contribution in [1.29, 1.82) is 0 Å². The monoisotopic (exact) mass is 964 g/mol. The summed E-state index contributed by atoms with van der Waals surface area (Å²) in [5, 5.41) is 14.1. The van der Waals surface area contributed by atoms with Gasteiger partial charge in [-0.2, -0.15) is 0 Å². The van der Waals surface area contributed by atoms with Gasteiger partial charge in [-0.1, -0.05) is 255 Å². The number of nitrogens with one attached hydrogen (secondary N) is 1. The van der Waals surface area contributed by atoms with E-state index in [1.165, 1.54) is 173 Å². The number of hydrogen-bond donors (Lipinski definition) is 3. The Morgan fingerprint density at radius 3 is 1.31 bits per heavy atom. The summed E-state index contributed by atoms with van der Waals surface area (Å²) >= 11 is 0. The van der Waals surface area contributed by atoms with Gasteiger partial charge in [0.15, 0.2) is 0 Å². The number of nitrogens with zero attached hydrogens (tertiary/aromatic N) is 1. The molecule has 8 nitrogen and oxygen atoms in total. The standard InChI is InChI=1S/C58H111N2O6P/c1-6-8-10-12-14-16-18-20-22-24-26-27-28-29-30-31-32-33-34-36-38-40-42-44-46-48-50-52-58(62)59-56(55-66-67(63,64)65-54-53-60(3,4)5)57(61)51-49-47-45-43-41-39-37-35-25-23-21-19-17-15-13-11-9-7-2/h8,10,14,16,20,22,26-27,56-57,61H,6-7,9,11-13,15,17-19,21,23-25,28-55H2,1-5H3,(H-,59,62,63,64)/p+1/b10-8-,16-14-,22-20-,27-26-. The molecule has 3 N–H and O–H groups in total. The number of rotatable bonds is 52. The Labute approximate surface area is 416 Å². The van der Waals surface area contributed by atoms with E-state index >= 15 is 0 Å². The Balaban J connectivity index is 4.14. The summed E-state index contributed by atoms with van der Waals surface area (Å²) in [4.78, 5) is 23.3. The van der Waals surface area contributed by atoms with Crippen LogP contribution in [-0.2, 0) is 18.4 Å². The molecule has 0 saturated carbocycles. The molecule has 67 heavy (non-hydrogen) atoms. The van der Waals surface area contributed by atoms with Gasteiger partial charge in [0.2, 0.25) is 5.91 Å². The third kappa shape index (κ3) is 52.1. The molecular formula is C58H112N2O6P+. The predicted molar refractivity (Wildman–Crippen MR) is 291 cm³/mol. The van der Waals surface area contributed by atoms with E-state index in [1.807, 2.05) is 21.1 Å². The van der Waals surface area contributed by atoms with Gasteiger partial charge in [-0.15, -0.1) is 0 Å². The van der Waals surface area contributed by atoms with Crippen LogP contribution in [0.5, 0.6) is 0 Å². The summed E-state index contributed by atoms with van der Waals surface area (Å²) in [7, 11) is 1.62. The Morgan fingerprint density at radius 2 is 0.896 bits per heavy atom. The number of likely N-dealkylation sites (N-methyl/N-ethyl adjacent to an activating group) is 1. The summed E-state index contributed by atoms with van der Waals surface area (Å²) in [5.74, 6) is -0.143. The first-order chi connectivity index (χ1) is 32.5. The minimum absolute atomic E-state index is 0.0745. The number of amides is 1. The zero-order chi connectivity index (χ0) is 49.2. The highest BCUT2D eigenvalue weighted by atomic mass is 31.2. The normalized spacial score (nSPS) is 14.3. The van der Waals surface area contributed by atoms with E-state index < -0.39 is 20.0 Å². The van der Waals surface area contributed by atoms with E-state index in [-0.39, 0.29) is 19.1 Å². The van der Waals surface area contributed by atoms with E-state index in [4.69, 9.17) is 9.05 Å². The van der Waals surface area contributed by atoms with Crippen molar-refractivity contribution in [3.63, 3.8) is 0 Å². The van der Waals surface area contributed by atoms with Crippen LogP contribution in [0.3, 0.4) is 0 Å². The van der Waals surface area contributed by atoms with Crippen molar-refractivity contribution in [2.75, 3.05) is 40.9 Å². The largest absolute Gasteiger partial charge is 0.472 e. The van der Waals surface area contributed by atoms with Gasteiger partial charge in [0.05, 0.1) is 39.9 Å². The molecule has 0 aromatic heterocycles. The third-order valence-electron chi connectivity index (χ3n) is 12.8. The number of hydrogen-bond acceptors (Lipinski definition) is 5. The van der Waals surface area contributed by atoms with Gasteiger partial charge in [-0.3, -0.25) is 13.8 Å². The van der Waals surface area contributed by atoms with E-state index in [9.17, 15) is 19.4 Å². The maximum absolute atomic E-state index is 13.0. The summed E-state index contributed by atoms with van der Waals surface area (Å²) in [5.41, 5.74) is 0. The van der Waals surface area contributed by atoms with Crippen molar-refractivity contribution < 1.29 is 32.9 Å². The van der Waals surface area contributed by atoms with Crippen molar-refractivity contribution in [2.24, 2.45) is 0 Å². The molecule has 0 aromatic carbocycles. The van der Waals surface area contributed by atoms with Gasteiger partial charge < -0.3 is 19.8 Å². The summed E-state index contributed by atoms with van der Waals surface area (Å²) in [6.07, 6.45) is 64.4.